The quantitative estimate of drug-likeness (QED) is 0.875. The molecular formula is C15H28N4S. The molecule has 20 heavy (non-hydrogen) atoms. The first-order valence-electron chi connectivity index (χ1n) is 7.84. The molecule has 0 aromatic carbocycles. The predicted octanol–water partition coefficient (Wildman–Crippen LogP) is 3.27. The number of anilines is 1. The first kappa shape index (κ1) is 15.7. The summed E-state index contributed by atoms with van der Waals surface area (Å²) in [7, 11) is 0. The van der Waals surface area contributed by atoms with Crippen LogP contribution in [0.1, 0.15) is 45.5 Å². The standard InChI is InChI=1S/C15H28N4S/c1-11(2)9-14-17-18-15(20-14)16-13-5-7-19(8-6-13)10-12(3)4/h11-13H,5-10H2,1-4H3,(H,16,18). The Kier molecular flexibility index (Phi) is 5.78. The molecule has 114 valence electrons. The van der Waals surface area contributed by atoms with Crippen molar-refractivity contribution < 1.29 is 0 Å². The molecule has 1 fully saturated rings. The van der Waals surface area contributed by atoms with Crippen LogP contribution in [0.3, 0.4) is 0 Å². The number of hydrogen-bond acceptors (Lipinski definition) is 5. The van der Waals surface area contributed by atoms with Crippen LogP contribution in [0.4, 0.5) is 5.13 Å². The number of rotatable bonds is 6. The van der Waals surface area contributed by atoms with Gasteiger partial charge in [0.1, 0.15) is 5.01 Å². The number of nitrogens with zero attached hydrogens (tertiary/aromatic N) is 3. The molecule has 4 nitrogen and oxygen atoms in total. The van der Waals surface area contributed by atoms with Gasteiger partial charge in [0, 0.05) is 32.1 Å². The highest BCUT2D eigenvalue weighted by Gasteiger charge is 2.20. The van der Waals surface area contributed by atoms with E-state index >= 15 is 0 Å². The minimum absolute atomic E-state index is 0.568. The van der Waals surface area contributed by atoms with Crippen LogP contribution in [-0.4, -0.2) is 40.8 Å². The van der Waals surface area contributed by atoms with Gasteiger partial charge in [-0.1, -0.05) is 39.0 Å². The lowest BCUT2D eigenvalue weighted by Gasteiger charge is -2.33. The Morgan fingerprint density at radius 3 is 2.45 bits per heavy atom. The normalized spacial score (nSPS) is 18.1. The molecule has 5 heteroatoms. The van der Waals surface area contributed by atoms with E-state index in [1.54, 1.807) is 11.3 Å². The molecule has 1 aliphatic heterocycles. The first-order valence-corrected chi connectivity index (χ1v) is 8.66. The van der Waals surface area contributed by atoms with Crippen LogP contribution >= 0.6 is 11.3 Å². The van der Waals surface area contributed by atoms with Gasteiger partial charge in [0.15, 0.2) is 0 Å². The van der Waals surface area contributed by atoms with Crippen LogP contribution in [0, 0.1) is 11.8 Å². The second kappa shape index (κ2) is 7.36. The van der Waals surface area contributed by atoms with Gasteiger partial charge in [-0.05, 0) is 24.7 Å². The lowest BCUT2D eigenvalue weighted by Crippen LogP contribution is -2.40. The van der Waals surface area contributed by atoms with Crippen LogP contribution in [0.5, 0.6) is 0 Å². The number of piperidine rings is 1. The average molecular weight is 296 g/mol. The van der Waals surface area contributed by atoms with E-state index in [0.29, 0.717) is 12.0 Å². The number of nitrogens with one attached hydrogen (secondary N) is 1. The van der Waals surface area contributed by atoms with E-state index in [2.05, 4.69) is 48.1 Å². The summed E-state index contributed by atoms with van der Waals surface area (Å²) >= 11 is 1.72. The molecule has 2 rings (SSSR count). The van der Waals surface area contributed by atoms with Crippen molar-refractivity contribution in [2.75, 3.05) is 25.0 Å². The number of likely N-dealkylation sites (tertiary alicyclic amines) is 1. The Morgan fingerprint density at radius 1 is 1.15 bits per heavy atom. The van der Waals surface area contributed by atoms with Crippen LogP contribution < -0.4 is 5.32 Å². The van der Waals surface area contributed by atoms with Crippen LogP contribution in [0.25, 0.3) is 0 Å². The average Bonchev–Trinajstić information content (AvgIpc) is 2.77. The SMILES string of the molecule is CC(C)Cc1nnc(NC2CCN(CC(C)C)CC2)s1. The number of hydrogen-bond donors (Lipinski definition) is 1. The van der Waals surface area contributed by atoms with E-state index in [4.69, 9.17) is 0 Å². The molecular weight excluding hydrogens is 268 g/mol. The molecule has 0 bridgehead atoms. The highest BCUT2D eigenvalue weighted by atomic mass is 32.1. The van der Waals surface area contributed by atoms with Crippen molar-refractivity contribution in [2.45, 2.75) is 53.0 Å². The third-order valence-electron chi connectivity index (χ3n) is 3.59. The zero-order valence-corrected chi connectivity index (χ0v) is 14.0. The Balaban J connectivity index is 1.76. The maximum atomic E-state index is 4.27. The van der Waals surface area contributed by atoms with Crippen molar-refractivity contribution in [1.82, 2.24) is 15.1 Å². The molecule has 0 radical (unpaired) electrons. The van der Waals surface area contributed by atoms with Gasteiger partial charge in [0.25, 0.3) is 0 Å². The first-order chi connectivity index (χ1) is 9.52. The zero-order valence-electron chi connectivity index (χ0n) is 13.2. The molecule has 1 saturated heterocycles. The maximum absolute atomic E-state index is 4.27. The van der Waals surface area contributed by atoms with Gasteiger partial charge >= 0.3 is 0 Å². The number of aromatic nitrogens is 2. The topological polar surface area (TPSA) is 41.1 Å². The van der Waals surface area contributed by atoms with Crippen LogP contribution in [-0.2, 0) is 6.42 Å². The Hall–Kier alpha value is -0.680. The highest BCUT2D eigenvalue weighted by Crippen LogP contribution is 2.22. The molecule has 0 aliphatic carbocycles. The van der Waals surface area contributed by atoms with Gasteiger partial charge in [0.05, 0.1) is 0 Å². The minimum atomic E-state index is 0.568. The van der Waals surface area contributed by atoms with Crippen LogP contribution in [0.2, 0.25) is 0 Å². The smallest absolute Gasteiger partial charge is 0.205 e. The predicted molar refractivity (Wildman–Crippen MR) is 86.4 cm³/mol. The minimum Gasteiger partial charge on any atom is -0.357 e. The lowest BCUT2D eigenvalue weighted by molar-refractivity contribution is 0.198. The Morgan fingerprint density at radius 2 is 1.85 bits per heavy atom. The molecule has 1 aromatic heterocycles. The van der Waals surface area contributed by atoms with E-state index < -0.39 is 0 Å². The van der Waals surface area contributed by atoms with Crippen molar-refractivity contribution in [3.63, 3.8) is 0 Å². The fourth-order valence-corrected chi connectivity index (χ4v) is 3.72. The van der Waals surface area contributed by atoms with Crippen molar-refractivity contribution in [2.24, 2.45) is 11.8 Å². The van der Waals surface area contributed by atoms with Gasteiger partial charge in [-0.2, -0.15) is 0 Å². The van der Waals surface area contributed by atoms with Crippen molar-refractivity contribution in [3.8, 4) is 0 Å². The fraction of sp³-hybridized carbons (Fsp3) is 0.867. The second-order valence-corrected chi connectivity index (χ2v) is 7.77. The molecule has 0 saturated carbocycles. The molecule has 0 amide bonds. The van der Waals surface area contributed by atoms with E-state index in [0.717, 1.165) is 22.5 Å². The molecule has 0 unspecified atom stereocenters. The third kappa shape index (κ3) is 5.02. The van der Waals surface area contributed by atoms with Crippen molar-refractivity contribution in [1.29, 1.82) is 0 Å². The summed E-state index contributed by atoms with van der Waals surface area (Å²) in [6.45, 7) is 12.7. The molecule has 0 spiro atoms. The molecule has 2 heterocycles. The summed E-state index contributed by atoms with van der Waals surface area (Å²) in [6.07, 6.45) is 3.46. The second-order valence-electron chi connectivity index (χ2n) is 6.71. The Bertz CT molecular complexity index is 394. The summed E-state index contributed by atoms with van der Waals surface area (Å²) in [5, 5.41) is 14.3. The summed E-state index contributed by atoms with van der Waals surface area (Å²) < 4.78 is 0. The van der Waals surface area contributed by atoms with Crippen molar-refractivity contribution in [3.05, 3.63) is 5.01 Å². The third-order valence-corrected chi connectivity index (χ3v) is 4.47. The fourth-order valence-electron chi connectivity index (χ4n) is 2.69. The van der Waals surface area contributed by atoms with E-state index in [1.165, 1.54) is 32.5 Å². The van der Waals surface area contributed by atoms with Gasteiger partial charge in [-0.25, -0.2) is 0 Å². The largest absolute Gasteiger partial charge is 0.357 e. The summed E-state index contributed by atoms with van der Waals surface area (Å²) in [6, 6.07) is 0.568. The molecule has 1 aliphatic rings. The van der Waals surface area contributed by atoms with Crippen LogP contribution in [0.15, 0.2) is 0 Å². The summed E-state index contributed by atoms with van der Waals surface area (Å²) in [5.41, 5.74) is 0. The molecule has 1 aromatic rings. The van der Waals surface area contributed by atoms with Crippen molar-refractivity contribution >= 4 is 16.5 Å². The lowest BCUT2D eigenvalue weighted by atomic mass is 10.0. The Labute approximate surface area is 127 Å². The maximum Gasteiger partial charge on any atom is 0.205 e. The monoisotopic (exact) mass is 296 g/mol. The van der Waals surface area contributed by atoms with E-state index in [9.17, 15) is 0 Å². The summed E-state index contributed by atoms with van der Waals surface area (Å²) in [4.78, 5) is 2.58. The highest BCUT2D eigenvalue weighted by molar-refractivity contribution is 7.15. The molecule has 1 N–H and O–H groups in total. The molecule has 0 atom stereocenters. The zero-order chi connectivity index (χ0) is 14.5. The van der Waals surface area contributed by atoms with E-state index in [-0.39, 0.29) is 0 Å². The van der Waals surface area contributed by atoms with Gasteiger partial charge in [-0.15, -0.1) is 10.2 Å². The van der Waals surface area contributed by atoms with Gasteiger partial charge in [0.2, 0.25) is 5.13 Å². The van der Waals surface area contributed by atoms with Gasteiger partial charge < -0.3 is 10.2 Å². The summed E-state index contributed by atoms with van der Waals surface area (Å²) in [5.74, 6) is 1.41. The van der Waals surface area contributed by atoms with Gasteiger partial charge in [-0.3, -0.25) is 0 Å². The van der Waals surface area contributed by atoms with E-state index in [1.807, 2.05) is 0 Å².